The molecule has 1 nitrogen and oxygen atoms in total. The Morgan fingerprint density at radius 3 is 2.19 bits per heavy atom. The monoisotopic (exact) mass is 286 g/mol. The van der Waals surface area contributed by atoms with Gasteiger partial charge in [-0.25, -0.2) is 0 Å². The molecule has 1 fully saturated rings. The van der Waals surface area contributed by atoms with Gasteiger partial charge in [0.2, 0.25) is 0 Å². The third-order valence-corrected chi connectivity index (χ3v) is 4.68. The van der Waals surface area contributed by atoms with Crippen LogP contribution in [0.25, 0.3) is 0 Å². The van der Waals surface area contributed by atoms with Gasteiger partial charge < -0.3 is 0 Å². The lowest BCUT2D eigenvalue weighted by molar-refractivity contribution is -0.120. The lowest BCUT2D eigenvalue weighted by Crippen LogP contribution is -2.20. The zero-order chi connectivity index (χ0) is 15.8. The molecular formula is C20H30O. The van der Waals surface area contributed by atoms with Gasteiger partial charge in [0.1, 0.15) is 5.78 Å². The summed E-state index contributed by atoms with van der Waals surface area (Å²) in [5.74, 6) is 0.723. The minimum Gasteiger partial charge on any atom is -0.299 e. The third kappa shape index (κ3) is 3.75. The van der Waals surface area contributed by atoms with Crippen molar-refractivity contribution in [1.29, 1.82) is 0 Å². The molecule has 0 amide bonds. The third-order valence-electron chi connectivity index (χ3n) is 4.68. The van der Waals surface area contributed by atoms with Crippen molar-refractivity contribution in [3.05, 3.63) is 34.9 Å². The van der Waals surface area contributed by atoms with E-state index in [1.807, 2.05) is 0 Å². The van der Waals surface area contributed by atoms with Crippen molar-refractivity contribution in [3.63, 3.8) is 0 Å². The average molecular weight is 286 g/mol. The number of hydrogen-bond donors (Lipinski definition) is 0. The molecule has 2 rings (SSSR count). The van der Waals surface area contributed by atoms with Gasteiger partial charge in [-0.15, -0.1) is 0 Å². The van der Waals surface area contributed by atoms with Crippen LogP contribution in [0, 0.1) is 5.92 Å². The summed E-state index contributed by atoms with van der Waals surface area (Å²) in [4.78, 5) is 12.0. The van der Waals surface area contributed by atoms with E-state index in [1.54, 1.807) is 0 Å². The van der Waals surface area contributed by atoms with Gasteiger partial charge in [-0.3, -0.25) is 4.79 Å². The second kappa shape index (κ2) is 5.59. The lowest BCUT2D eigenvalue weighted by Gasteiger charge is -2.28. The summed E-state index contributed by atoms with van der Waals surface area (Å²) in [6.45, 7) is 13.6. The second-order valence-corrected chi connectivity index (χ2v) is 8.63. The highest BCUT2D eigenvalue weighted by molar-refractivity contribution is 5.83. The smallest absolute Gasteiger partial charge is 0.136 e. The van der Waals surface area contributed by atoms with Gasteiger partial charge >= 0.3 is 0 Å². The Balaban J connectivity index is 2.38. The molecule has 1 aliphatic carbocycles. The summed E-state index contributed by atoms with van der Waals surface area (Å²) in [6.07, 6.45) is 3.86. The fourth-order valence-electron chi connectivity index (χ4n) is 3.29. The summed E-state index contributed by atoms with van der Waals surface area (Å²) >= 11 is 0. The molecule has 116 valence electrons. The van der Waals surface area contributed by atoms with Crippen molar-refractivity contribution < 1.29 is 4.79 Å². The Kier molecular flexibility index (Phi) is 4.33. The molecule has 0 radical (unpaired) electrons. The van der Waals surface area contributed by atoms with Crippen LogP contribution in [0.4, 0.5) is 0 Å². The van der Waals surface area contributed by atoms with Gasteiger partial charge in [0.15, 0.2) is 0 Å². The van der Waals surface area contributed by atoms with E-state index >= 15 is 0 Å². The molecule has 0 saturated heterocycles. The summed E-state index contributed by atoms with van der Waals surface area (Å²) in [6, 6.07) is 6.89. The van der Waals surface area contributed by atoms with Crippen LogP contribution >= 0.6 is 0 Å². The summed E-state index contributed by atoms with van der Waals surface area (Å²) in [5, 5.41) is 0. The SMILES string of the molecule is CC(C)(C)c1ccc(CC2CCCC2=O)c(C(C)(C)C)c1. The van der Waals surface area contributed by atoms with E-state index < -0.39 is 0 Å². The van der Waals surface area contributed by atoms with Crippen LogP contribution in [0.1, 0.15) is 77.5 Å². The van der Waals surface area contributed by atoms with Gasteiger partial charge in [0.05, 0.1) is 0 Å². The number of benzene rings is 1. The van der Waals surface area contributed by atoms with Gasteiger partial charge in [-0.2, -0.15) is 0 Å². The van der Waals surface area contributed by atoms with Crippen LogP contribution in [0.15, 0.2) is 18.2 Å². The quantitative estimate of drug-likeness (QED) is 0.731. The first-order valence-corrected chi connectivity index (χ1v) is 8.25. The number of carbonyl (C=O) groups is 1. The van der Waals surface area contributed by atoms with Crippen molar-refractivity contribution in [1.82, 2.24) is 0 Å². The van der Waals surface area contributed by atoms with E-state index in [4.69, 9.17) is 0 Å². The van der Waals surface area contributed by atoms with Crippen molar-refractivity contribution in [2.24, 2.45) is 5.92 Å². The van der Waals surface area contributed by atoms with E-state index in [0.29, 0.717) is 5.78 Å². The van der Waals surface area contributed by atoms with Crippen molar-refractivity contribution >= 4 is 5.78 Å². The number of hydrogen-bond acceptors (Lipinski definition) is 1. The molecule has 0 spiro atoms. The molecule has 1 aliphatic rings. The number of carbonyl (C=O) groups excluding carboxylic acids is 1. The van der Waals surface area contributed by atoms with Crippen LogP contribution in [0.2, 0.25) is 0 Å². The molecule has 1 unspecified atom stereocenters. The summed E-state index contributed by atoms with van der Waals surface area (Å²) in [7, 11) is 0. The maximum atomic E-state index is 12.0. The molecule has 1 saturated carbocycles. The Morgan fingerprint density at radius 1 is 1.05 bits per heavy atom. The molecule has 1 atom stereocenters. The number of Topliss-reactive ketones (excluding diaryl/α,β-unsaturated/α-hetero) is 1. The Labute approximate surface area is 130 Å². The topological polar surface area (TPSA) is 17.1 Å². The molecule has 1 aromatic carbocycles. The van der Waals surface area contributed by atoms with Crippen LogP contribution in [0.5, 0.6) is 0 Å². The van der Waals surface area contributed by atoms with E-state index in [1.165, 1.54) is 16.7 Å². The highest BCUT2D eigenvalue weighted by atomic mass is 16.1. The fraction of sp³-hybridized carbons (Fsp3) is 0.650. The molecule has 0 bridgehead atoms. The normalized spacial score (nSPS) is 20.1. The fourth-order valence-corrected chi connectivity index (χ4v) is 3.29. The van der Waals surface area contributed by atoms with Gasteiger partial charge in [-0.05, 0) is 46.8 Å². The minimum absolute atomic E-state index is 0.123. The van der Waals surface area contributed by atoms with Crippen molar-refractivity contribution in [2.75, 3.05) is 0 Å². The van der Waals surface area contributed by atoms with Crippen molar-refractivity contribution in [3.8, 4) is 0 Å². The second-order valence-electron chi connectivity index (χ2n) is 8.63. The van der Waals surface area contributed by atoms with Gasteiger partial charge in [-0.1, -0.05) is 59.7 Å². The lowest BCUT2D eigenvalue weighted by atomic mass is 9.77. The largest absolute Gasteiger partial charge is 0.299 e. The van der Waals surface area contributed by atoms with Crippen LogP contribution in [-0.2, 0) is 22.0 Å². The zero-order valence-corrected chi connectivity index (χ0v) is 14.5. The van der Waals surface area contributed by atoms with Crippen LogP contribution < -0.4 is 0 Å². The Bertz CT molecular complexity index is 526. The van der Waals surface area contributed by atoms with Crippen LogP contribution in [0.3, 0.4) is 0 Å². The molecule has 1 aromatic rings. The first-order chi connectivity index (χ1) is 9.59. The van der Waals surface area contributed by atoms with E-state index in [9.17, 15) is 4.79 Å². The Morgan fingerprint density at radius 2 is 1.71 bits per heavy atom. The Hall–Kier alpha value is -1.11. The number of rotatable bonds is 2. The first kappa shape index (κ1) is 16.3. The molecule has 1 heteroatoms. The minimum atomic E-state index is 0.123. The predicted octanol–water partition coefficient (Wildman–Crippen LogP) is 5.19. The standard InChI is InChI=1S/C20H30O/c1-19(2,3)16-11-10-14(17(13-16)20(4,5)6)12-15-8-7-9-18(15)21/h10-11,13,15H,7-9,12H2,1-6H3. The van der Waals surface area contributed by atoms with E-state index in [0.717, 1.165) is 25.7 Å². The molecule has 0 N–H and O–H groups in total. The molecule has 0 heterocycles. The molecular weight excluding hydrogens is 256 g/mol. The highest BCUT2D eigenvalue weighted by Gasteiger charge is 2.28. The van der Waals surface area contributed by atoms with E-state index in [-0.39, 0.29) is 16.7 Å². The van der Waals surface area contributed by atoms with Gasteiger partial charge in [0, 0.05) is 12.3 Å². The highest BCUT2D eigenvalue weighted by Crippen LogP contribution is 2.34. The number of ketones is 1. The summed E-state index contributed by atoms with van der Waals surface area (Å²) < 4.78 is 0. The predicted molar refractivity (Wildman–Crippen MR) is 89.9 cm³/mol. The average Bonchev–Trinajstić information content (AvgIpc) is 2.73. The molecule has 0 aliphatic heterocycles. The van der Waals surface area contributed by atoms with Crippen LogP contribution in [-0.4, -0.2) is 5.78 Å². The first-order valence-electron chi connectivity index (χ1n) is 8.25. The van der Waals surface area contributed by atoms with Crippen molar-refractivity contribution in [2.45, 2.75) is 78.1 Å². The zero-order valence-electron chi connectivity index (χ0n) is 14.5. The molecule has 0 aromatic heterocycles. The maximum Gasteiger partial charge on any atom is 0.136 e. The summed E-state index contributed by atoms with van der Waals surface area (Å²) in [5.41, 5.74) is 4.46. The van der Waals surface area contributed by atoms with E-state index in [2.05, 4.69) is 59.7 Å². The maximum absolute atomic E-state index is 12.0. The van der Waals surface area contributed by atoms with Gasteiger partial charge in [0.25, 0.3) is 0 Å². The molecule has 21 heavy (non-hydrogen) atoms.